The minimum absolute atomic E-state index is 0.137. The van der Waals surface area contributed by atoms with E-state index in [1.807, 2.05) is 4.72 Å². The monoisotopic (exact) mass is 586 g/mol. The van der Waals surface area contributed by atoms with Crippen molar-refractivity contribution in [3.63, 3.8) is 0 Å². The summed E-state index contributed by atoms with van der Waals surface area (Å²) in [6, 6.07) is 10.8. The highest BCUT2D eigenvalue weighted by atomic mass is 32.2. The fourth-order valence-electron chi connectivity index (χ4n) is 3.53. The fraction of sp³-hybridized carbons (Fsp3) is 0.273. The van der Waals surface area contributed by atoms with Crippen LogP contribution in [0.3, 0.4) is 0 Å². The highest BCUT2D eigenvalue weighted by Crippen LogP contribution is 2.38. The maximum absolute atomic E-state index is 13.7. The maximum Gasteiger partial charge on any atom is 0.279 e. The van der Waals surface area contributed by atoms with Gasteiger partial charge in [-0.15, -0.1) is 11.3 Å². The van der Waals surface area contributed by atoms with E-state index in [-0.39, 0.29) is 22.2 Å². The summed E-state index contributed by atoms with van der Waals surface area (Å²) in [5.41, 5.74) is 7.84. The molecule has 0 radical (unpaired) electrons. The number of nitriles is 1. The van der Waals surface area contributed by atoms with Gasteiger partial charge in [0, 0.05) is 16.5 Å². The van der Waals surface area contributed by atoms with E-state index in [9.17, 15) is 27.1 Å². The highest BCUT2D eigenvalue weighted by molar-refractivity contribution is 7.92. The molecule has 0 spiro atoms. The summed E-state index contributed by atoms with van der Waals surface area (Å²) < 4.78 is 58.7. The van der Waals surface area contributed by atoms with Gasteiger partial charge in [-0.1, -0.05) is 0 Å². The number of benzene rings is 2. The molecule has 0 aliphatic heterocycles. The van der Waals surface area contributed by atoms with Gasteiger partial charge >= 0.3 is 0 Å². The van der Waals surface area contributed by atoms with Crippen LogP contribution in [-0.2, 0) is 19.4 Å². The number of carbonyl (C=O) groups excluding carboxylic acids is 1. The van der Waals surface area contributed by atoms with Crippen LogP contribution in [0, 0.1) is 17.1 Å². The predicted octanol–water partition coefficient (Wildman–Crippen LogP) is -1.91. The average molecular weight is 587 g/mol. The Labute approximate surface area is 222 Å². The summed E-state index contributed by atoms with van der Waals surface area (Å²) >= 11 is 0.922. The molecule has 0 saturated carbocycles. The molecule has 0 fully saturated rings. The molecule has 3 aromatic rings. The van der Waals surface area contributed by atoms with Gasteiger partial charge < -0.3 is 31.1 Å². The van der Waals surface area contributed by atoms with Crippen LogP contribution >= 0.6 is 18.9 Å². The summed E-state index contributed by atoms with van der Waals surface area (Å²) in [4.78, 5) is 25.8. The topological polar surface area (TPSA) is 208 Å². The third-order valence-corrected chi connectivity index (χ3v) is 9.51. The number of carbonyl (C=O) groups is 1. The molecule has 1 heterocycles. The second-order valence-corrected chi connectivity index (χ2v) is 13.1. The van der Waals surface area contributed by atoms with Crippen molar-refractivity contribution in [3.8, 4) is 11.8 Å². The second-order valence-electron chi connectivity index (χ2n) is 8.26. The van der Waals surface area contributed by atoms with E-state index in [0.29, 0.717) is 28.9 Å². The van der Waals surface area contributed by atoms with E-state index in [2.05, 4.69) is 16.8 Å². The molecule has 1 atom stereocenters. The molecular formula is C22H28FN6O6PS2+2. The quantitative estimate of drug-likeness (QED) is 0.143. The molecule has 204 valence electrons. The molecule has 2 aromatic carbocycles. The lowest BCUT2D eigenvalue weighted by Crippen LogP contribution is -3.15. The lowest BCUT2D eigenvalue weighted by molar-refractivity contribution is -0.902. The van der Waals surface area contributed by atoms with E-state index in [1.165, 1.54) is 6.07 Å². The van der Waals surface area contributed by atoms with Gasteiger partial charge in [-0.3, -0.25) is 9.36 Å². The Bertz CT molecular complexity index is 1500. The van der Waals surface area contributed by atoms with Crippen molar-refractivity contribution in [2.45, 2.75) is 4.21 Å². The van der Waals surface area contributed by atoms with Crippen molar-refractivity contribution in [3.05, 3.63) is 53.8 Å². The summed E-state index contributed by atoms with van der Waals surface area (Å²) in [6.45, 7) is 3.12. The predicted molar refractivity (Wildman–Crippen MR) is 136 cm³/mol. The molecule has 38 heavy (non-hydrogen) atoms. The normalized spacial score (nSPS) is 13.3. The summed E-state index contributed by atoms with van der Waals surface area (Å²) in [5, 5.41) is 12.1. The Balaban J connectivity index is 1.67. The number of quaternary nitrogens is 3. The third-order valence-electron chi connectivity index (χ3n) is 5.27. The number of thiophene rings is 1. The van der Waals surface area contributed by atoms with Crippen molar-refractivity contribution < 1.29 is 48.0 Å². The minimum atomic E-state index is -4.80. The van der Waals surface area contributed by atoms with Crippen LogP contribution in [0.4, 0.5) is 10.1 Å². The zero-order valence-electron chi connectivity index (χ0n) is 20.2. The average Bonchev–Trinajstić information content (AvgIpc) is 3.28. The lowest BCUT2D eigenvalue weighted by Gasteiger charge is -2.24. The SMILES string of the molecule is N#Cc1ccc(OP(=O)([O-])CNS(=O)(=O)c2cc3cc(NC(=O)C[NH+](CC[NH3+])CC[NH3+])ccc3s2)cc1F. The number of halogens is 1. The number of nitrogens with zero attached hydrogens (tertiary/aromatic N) is 1. The van der Waals surface area contributed by atoms with Gasteiger partial charge in [-0.2, -0.15) is 5.26 Å². The standard InChI is InChI=1S/C22H26FN6O6PS2/c23-19-11-18(3-1-15(19)12-26)35-36(31,32)14-27-38(33,34)22-10-16-9-17(2-4-20(16)37-22)28-21(30)13-29(7-5-24)8-6-25/h1-4,9-11,27H,5-8,13-14,24-25H2,(H,28,30)(H,31,32)/p+2. The number of anilines is 1. The number of hydrogen-bond acceptors (Lipinski definition) is 8. The Kier molecular flexibility index (Phi) is 9.94. The first-order valence-corrected chi connectivity index (χ1v) is 15.4. The number of amides is 1. The van der Waals surface area contributed by atoms with E-state index in [0.717, 1.165) is 47.5 Å². The molecule has 1 aromatic heterocycles. The van der Waals surface area contributed by atoms with Crippen molar-refractivity contribution >= 4 is 50.6 Å². The first-order chi connectivity index (χ1) is 18.0. The van der Waals surface area contributed by atoms with E-state index < -0.39 is 35.5 Å². The highest BCUT2D eigenvalue weighted by Gasteiger charge is 2.22. The molecule has 1 amide bonds. The first kappa shape index (κ1) is 29.6. The fourth-order valence-corrected chi connectivity index (χ4v) is 7.43. The van der Waals surface area contributed by atoms with E-state index >= 15 is 0 Å². The van der Waals surface area contributed by atoms with Crippen molar-refractivity contribution in [1.82, 2.24) is 4.72 Å². The zero-order chi connectivity index (χ0) is 27.9. The van der Waals surface area contributed by atoms with Crippen LogP contribution in [0.1, 0.15) is 5.56 Å². The molecule has 0 bridgehead atoms. The van der Waals surface area contributed by atoms with Crippen molar-refractivity contribution in [2.24, 2.45) is 0 Å². The molecule has 1 unspecified atom stereocenters. The smallest absolute Gasteiger partial charge is 0.279 e. The van der Waals surface area contributed by atoms with Crippen LogP contribution in [0.5, 0.6) is 5.75 Å². The van der Waals surface area contributed by atoms with Gasteiger partial charge in [0.2, 0.25) is 0 Å². The van der Waals surface area contributed by atoms with Crippen LogP contribution in [0.15, 0.2) is 46.7 Å². The maximum atomic E-state index is 13.7. The molecular weight excluding hydrogens is 558 g/mol. The molecule has 16 heteroatoms. The zero-order valence-corrected chi connectivity index (χ0v) is 22.8. The molecule has 3 rings (SSSR count). The number of rotatable bonds is 13. The van der Waals surface area contributed by atoms with Crippen molar-refractivity contribution in [2.75, 3.05) is 44.3 Å². The largest absolute Gasteiger partial charge is 0.768 e. The Morgan fingerprint density at radius 3 is 2.53 bits per heavy atom. The molecule has 0 aliphatic carbocycles. The number of hydrogen-bond donors (Lipinski definition) is 5. The lowest BCUT2D eigenvalue weighted by atomic mass is 10.2. The van der Waals surface area contributed by atoms with Crippen LogP contribution < -0.4 is 35.8 Å². The number of fused-ring (bicyclic) bond motifs is 1. The Morgan fingerprint density at radius 2 is 1.89 bits per heavy atom. The Hall–Kier alpha value is -2.93. The van der Waals surface area contributed by atoms with Gasteiger partial charge in [-0.25, -0.2) is 17.5 Å². The van der Waals surface area contributed by atoms with Gasteiger partial charge in [-0.05, 0) is 41.8 Å². The Morgan fingerprint density at radius 1 is 1.18 bits per heavy atom. The molecule has 0 saturated heterocycles. The molecule has 0 aliphatic rings. The number of sulfonamides is 1. The van der Waals surface area contributed by atoms with Gasteiger partial charge in [0.1, 0.15) is 48.0 Å². The molecule has 12 nitrogen and oxygen atoms in total. The second kappa shape index (κ2) is 12.7. The number of nitrogens with one attached hydrogen (secondary N) is 3. The minimum Gasteiger partial charge on any atom is -0.768 e. The summed E-state index contributed by atoms with van der Waals surface area (Å²) in [7, 11) is -9.03. The van der Waals surface area contributed by atoms with Crippen LogP contribution in [0.25, 0.3) is 10.1 Å². The van der Waals surface area contributed by atoms with Gasteiger partial charge in [0.15, 0.2) is 14.1 Å². The van der Waals surface area contributed by atoms with E-state index in [4.69, 9.17) is 9.79 Å². The van der Waals surface area contributed by atoms with Gasteiger partial charge in [0.05, 0.1) is 11.8 Å². The molecule has 9 N–H and O–H groups in total. The first-order valence-electron chi connectivity index (χ1n) is 11.4. The van der Waals surface area contributed by atoms with Crippen LogP contribution in [0.2, 0.25) is 0 Å². The van der Waals surface area contributed by atoms with E-state index in [1.54, 1.807) is 24.3 Å². The summed E-state index contributed by atoms with van der Waals surface area (Å²) in [5.74, 6) is -1.56. The van der Waals surface area contributed by atoms with Gasteiger partial charge in [0.25, 0.3) is 15.9 Å². The summed E-state index contributed by atoms with van der Waals surface area (Å²) in [6.07, 6.45) is -1.08. The third kappa shape index (κ3) is 8.03. The van der Waals surface area contributed by atoms with Crippen LogP contribution in [-0.4, -0.2) is 53.3 Å². The van der Waals surface area contributed by atoms with Crippen molar-refractivity contribution in [1.29, 1.82) is 5.26 Å².